The van der Waals surface area contributed by atoms with Crippen LogP contribution in [0.4, 0.5) is 0 Å². The number of carbonyl (C=O) groups excluding carboxylic acids is 1. The van der Waals surface area contributed by atoms with Crippen LogP contribution < -0.4 is 0 Å². The molecule has 0 aromatic heterocycles. The van der Waals surface area contributed by atoms with Crippen molar-refractivity contribution in [2.45, 2.75) is 26.9 Å². The van der Waals surface area contributed by atoms with Gasteiger partial charge in [0.25, 0.3) is 0 Å². The van der Waals surface area contributed by atoms with Crippen LogP contribution in [0, 0.1) is 0 Å². The summed E-state index contributed by atoms with van der Waals surface area (Å²) in [4.78, 5) is 26.9. The minimum absolute atomic E-state index is 0.0420. The van der Waals surface area contributed by atoms with E-state index in [0.29, 0.717) is 22.6 Å². The number of esters is 1. The molecule has 136 valence electrons. The molecule has 0 aliphatic rings. The zero-order valence-electron chi connectivity index (χ0n) is 15.3. The average Bonchev–Trinajstić information content (AvgIpc) is 2.63. The summed E-state index contributed by atoms with van der Waals surface area (Å²) in [6, 6.07) is 7.12. The first-order chi connectivity index (χ1) is 12.0. The number of rotatable bonds is 8. The normalized spacial score (nSPS) is 13.9. The van der Waals surface area contributed by atoms with Crippen LogP contribution in [0.15, 0.2) is 39.7 Å². The van der Waals surface area contributed by atoms with Gasteiger partial charge in [-0.15, -0.1) is 0 Å². The molecule has 0 heterocycles. The Morgan fingerprint density at radius 1 is 0.960 bits per heavy atom. The lowest BCUT2D eigenvalue weighted by atomic mass is 10.00. The molecule has 25 heavy (non-hydrogen) atoms. The molecule has 0 saturated carbocycles. The molecular formula is C17H23N3O5. The second-order valence-electron chi connectivity index (χ2n) is 5.00. The third-order valence-corrected chi connectivity index (χ3v) is 3.30. The highest BCUT2D eigenvalue weighted by Crippen LogP contribution is 2.14. The van der Waals surface area contributed by atoms with E-state index in [-0.39, 0.29) is 11.8 Å². The Labute approximate surface area is 147 Å². The van der Waals surface area contributed by atoms with Crippen molar-refractivity contribution in [2.24, 2.45) is 15.5 Å². The zero-order valence-corrected chi connectivity index (χ0v) is 15.3. The van der Waals surface area contributed by atoms with Gasteiger partial charge < -0.3 is 19.2 Å². The number of ether oxygens (including phenoxy) is 1. The predicted octanol–water partition coefficient (Wildman–Crippen LogP) is 2.36. The number of oxime groups is 3. The summed E-state index contributed by atoms with van der Waals surface area (Å²) in [7, 11) is 4.10. The van der Waals surface area contributed by atoms with Crippen molar-refractivity contribution in [3.8, 4) is 0 Å². The van der Waals surface area contributed by atoms with Gasteiger partial charge in [-0.3, -0.25) is 0 Å². The predicted molar refractivity (Wildman–Crippen MR) is 94.9 cm³/mol. The molecule has 8 heteroatoms. The number of nitrogens with zero attached hydrogens (tertiary/aromatic N) is 3. The first-order valence-corrected chi connectivity index (χ1v) is 7.53. The topological polar surface area (TPSA) is 91.1 Å². The van der Waals surface area contributed by atoms with Crippen molar-refractivity contribution in [3.05, 3.63) is 35.4 Å². The van der Waals surface area contributed by atoms with Gasteiger partial charge in [0.05, 0.1) is 18.5 Å². The summed E-state index contributed by atoms with van der Waals surface area (Å²) in [6.07, 6.45) is -0.366. The monoisotopic (exact) mass is 349 g/mol. The van der Waals surface area contributed by atoms with E-state index in [9.17, 15) is 4.79 Å². The van der Waals surface area contributed by atoms with E-state index in [1.165, 1.54) is 21.3 Å². The quantitative estimate of drug-likeness (QED) is 0.408. The molecule has 0 N–H and O–H groups in total. The molecule has 0 bridgehead atoms. The summed E-state index contributed by atoms with van der Waals surface area (Å²) in [5, 5.41) is 11.7. The van der Waals surface area contributed by atoms with Crippen LogP contribution in [-0.2, 0) is 24.0 Å². The third kappa shape index (κ3) is 5.59. The summed E-state index contributed by atoms with van der Waals surface area (Å²) in [6.45, 7) is 5.33. The first-order valence-electron chi connectivity index (χ1n) is 7.53. The van der Waals surface area contributed by atoms with E-state index in [1.807, 2.05) is 6.07 Å². The highest BCUT2D eigenvalue weighted by molar-refractivity contribution is 6.44. The molecule has 1 aromatic carbocycles. The van der Waals surface area contributed by atoms with Gasteiger partial charge in [-0.25, -0.2) is 4.79 Å². The molecule has 1 atom stereocenters. The van der Waals surface area contributed by atoms with Crippen LogP contribution in [0.2, 0.25) is 0 Å². The summed E-state index contributed by atoms with van der Waals surface area (Å²) >= 11 is 0. The smallest absolute Gasteiger partial charge is 0.360 e. The van der Waals surface area contributed by atoms with Crippen molar-refractivity contribution >= 4 is 23.1 Å². The molecule has 0 aliphatic carbocycles. The van der Waals surface area contributed by atoms with Crippen molar-refractivity contribution in [1.82, 2.24) is 0 Å². The maximum absolute atomic E-state index is 12.0. The Kier molecular flexibility index (Phi) is 8.11. The van der Waals surface area contributed by atoms with Gasteiger partial charge in [0.2, 0.25) is 0 Å². The maximum atomic E-state index is 12.0. The van der Waals surface area contributed by atoms with E-state index in [2.05, 4.69) is 15.5 Å². The van der Waals surface area contributed by atoms with E-state index in [4.69, 9.17) is 19.2 Å². The molecular weight excluding hydrogens is 326 g/mol. The fourth-order valence-electron chi connectivity index (χ4n) is 1.89. The molecule has 0 radical (unpaired) electrons. The standard InChI is InChI=1S/C17H23N3O5/c1-11(18-23-5)13(3)25-19-12(2)14-9-7-8-10-15(14)16(20-24-6)17(21)22-4/h7-10,13H,1-6H3/b18-11+,19-12+,20-16+. The number of hydrogen-bond donors (Lipinski definition) is 0. The average molecular weight is 349 g/mol. The molecule has 0 spiro atoms. The molecule has 0 amide bonds. The van der Waals surface area contributed by atoms with Crippen LogP contribution in [-0.4, -0.2) is 50.5 Å². The Hall–Kier alpha value is -2.90. The third-order valence-electron chi connectivity index (χ3n) is 3.30. The fraction of sp³-hybridized carbons (Fsp3) is 0.412. The van der Waals surface area contributed by atoms with Gasteiger partial charge in [-0.1, -0.05) is 39.7 Å². The van der Waals surface area contributed by atoms with Gasteiger partial charge >= 0.3 is 5.97 Å². The first kappa shape index (κ1) is 20.1. The number of hydrogen-bond acceptors (Lipinski definition) is 8. The molecule has 1 rings (SSSR count). The van der Waals surface area contributed by atoms with Crippen LogP contribution >= 0.6 is 0 Å². The number of carbonyl (C=O) groups is 1. The molecule has 1 unspecified atom stereocenters. The van der Waals surface area contributed by atoms with Crippen molar-refractivity contribution < 1.29 is 24.0 Å². The number of methoxy groups -OCH3 is 1. The molecule has 8 nitrogen and oxygen atoms in total. The lowest BCUT2D eigenvalue weighted by Crippen LogP contribution is -2.21. The highest BCUT2D eigenvalue weighted by atomic mass is 16.6. The Balaban J connectivity index is 3.17. The van der Waals surface area contributed by atoms with E-state index < -0.39 is 5.97 Å². The van der Waals surface area contributed by atoms with E-state index in [0.717, 1.165) is 0 Å². The van der Waals surface area contributed by atoms with Gasteiger partial charge in [0.15, 0.2) is 11.8 Å². The lowest BCUT2D eigenvalue weighted by molar-refractivity contribution is -0.132. The van der Waals surface area contributed by atoms with Gasteiger partial charge in [-0.2, -0.15) is 0 Å². The van der Waals surface area contributed by atoms with Gasteiger partial charge in [0.1, 0.15) is 14.2 Å². The fourth-order valence-corrected chi connectivity index (χ4v) is 1.89. The summed E-state index contributed by atoms with van der Waals surface area (Å²) in [5.74, 6) is -0.612. The minimum Gasteiger partial charge on any atom is -0.464 e. The summed E-state index contributed by atoms with van der Waals surface area (Å²) < 4.78 is 4.76. The molecule has 0 fully saturated rings. The number of benzene rings is 1. The zero-order chi connectivity index (χ0) is 18.8. The molecule has 1 aromatic rings. The van der Waals surface area contributed by atoms with Crippen LogP contribution in [0.1, 0.15) is 31.9 Å². The Bertz CT molecular complexity index is 683. The summed E-state index contributed by atoms with van der Waals surface area (Å²) in [5.41, 5.74) is 2.43. The van der Waals surface area contributed by atoms with Crippen molar-refractivity contribution in [3.63, 3.8) is 0 Å². The SMILES string of the molecule is CO/N=C(/C(=O)OC)c1ccccc1/C(C)=N/OC(C)/C(C)=N/OC. The molecule has 0 saturated heterocycles. The molecule has 0 aliphatic heterocycles. The van der Waals surface area contributed by atoms with Gasteiger partial charge in [-0.05, 0) is 20.8 Å². The van der Waals surface area contributed by atoms with Crippen LogP contribution in [0.25, 0.3) is 0 Å². The Morgan fingerprint density at radius 2 is 1.56 bits per heavy atom. The highest BCUT2D eigenvalue weighted by Gasteiger charge is 2.20. The van der Waals surface area contributed by atoms with Crippen molar-refractivity contribution in [2.75, 3.05) is 21.3 Å². The Morgan fingerprint density at radius 3 is 2.12 bits per heavy atom. The van der Waals surface area contributed by atoms with Crippen LogP contribution in [0.3, 0.4) is 0 Å². The second kappa shape index (κ2) is 10.1. The maximum Gasteiger partial charge on any atom is 0.360 e. The minimum atomic E-state index is -0.612. The lowest BCUT2D eigenvalue weighted by Gasteiger charge is -2.12. The van der Waals surface area contributed by atoms with E-state index >= 15 is 0 Å². The van der Waals surface area contributed by atoms with Crippen LogP contribution in [0.5, 0.6) is 0 Å². The van der Waals surface area contributed by atoms with Crippen molar-refractivity contribution in [1.29, 1.82) is 0 Å². The largest absolute Gasteiger partial charge is 0.464 e. The van der Waals surface area contributed by atoms with Gasteiger partial charge in [0, 0.05) is 11.1 Å². The van der Waals surface area contributed by atoms with E-state index in [1.54, 1.807) is 39.0 Å². The second-order valence-corrected chi connectivity index (χ2v) is 5.00.